The van der Waals surface area contributed by atoms with E-state index in [-0.39, 0.29) is 10.4 Å². The molecule has 0 unspecified atom stereocenters. The zero-order valence-corrected chi connectivity index (χ0v) is 13.9. The molecule has 0 fully saturated rings. The third-order valence-electron chi connectivity index (χ3n) is 3.82. The van der Waals surface area contributed by atoms with Gasteiger partial charge in [0.25, 0.3) is 0 Å². The largest absolute Gasteiger partial charge is 0.398 e. The fourth-order valence-electron chi connectivity index (χ4n) is 1.76. The molecule has 0 radical (unpaired) electrons. The molecule has 0 atom stereocenters. The molecule has 0 aromatic heterocycles. The van der Waals surface area contributed by atoms with Crippen molar-refractivity contribution in [1.82, 2.24) is 9.62 Å². The maximum absolute atomic E-state index is 12.5. The summed E-state index contributed by atoms with van der Waals surface area (Å²) in [4.78, 5) is 2.27. The van der Waals surface area contributed by atoms with Gasteiger partial charge in [0.15, 0.2) is 0 Å². The smallest absolute Gasteiger partial charge is 0.241 e. The van der Waals surface area contributed by atoms with E-state index in [0.29, 0.717) is 23.4 Å². The number of nitrogens with zero attached hydrogens (tertiary/aromatic N) is 1. The monoisotopic (exact) mass is 299 g/mol. The lowest BCUT2D eigenvalue weighted by atomic mass is 10.1. The number of sulfonamides is 1. The molecule has 0 bridgehead atoms. The van der Waals surface area contributed by atoms with Gasteiger partial charge in [-0.05, 0) is 59.0 Å². The number of nitrogens with two attached hydrogens (primary N) is 1. The molecule has 3 N–H and O–H groups in total. The maximum Gasteiger partial charge on any atom is 0.241 e. The Labute approximate surface area is 122 Å². The lowest BCUT2D eigenvalue weighted by molar-refractivity contribution is 0.199. The number of benzene rings is 1. The summed E-state index contributed by atoms with van der Waals surface area (Å²) in [5, 5.41) is 0. The fraction of sp³-hybridized carbons (Fsp3) is 0.571. The number of hydrogen-bond donors (Lipinski definition) is 2. The Morgan fingerprint density at radius 1 is 1.25 bits per heavy atom. The van der Waals surface area contributed by atoms with Gasteiger partial charge in [0.05, 0.1) is 4.90 Å². The minimum Gasteiger partial charge on any atom is -0.398 e. The summed E-state index contributed by atoms with van der Waals surface area (Å²) >= 11 is 0. The minimum absolute atomic E-state index is 0.269. The van der Waals surface area contributed by atoms with Gasteiger partial charge >= 0.3 is 0 Å². The predicted molar refractivity (Wildman–Crippen MR) is 83.3 cm³/mol. The van der Waals surface area contributed by atoms with E-state index in [1.807, 2.05) is 32.8 Å². The number of hydrogen-bond acceptors (Lipinski definition) is 4. The normalized spacial score (nSPS) is 12.9. The van der Waals surface area contributed by atoms with E-state index in [0.717, 1.165) is 0 Å². The molecule has 0 heterocycles. The van der Waals surface area contributed by atoms with Crippen LogP contribution in [-0.4, -0.2) is 39.5 Å². The third-order valence-corrected chi connectivity index (χ3v) is 5.51. The second kappa shape index (κ2) is 5.71. The summed E-state index contributed by atoms with van der Waals surface area (Å²) in [6, 6.07) is 3.46. The van der Waals surface area contributed by atoms with Crippen LogP contribution in [-0.2, 0) is 10.0 Å². The first-order valence-electron chi connectivity index (χ1n) is 6.52. The van der Waals surface area contributed by atoms with Gasteiger partial charge in [0, 0.05) is 17.8 Å². The molecule has 6 heteroatoms. The van der Waals surface area contributed by atoms with Crippen LogP contribution in [0.5, 0.6) is 0 Å². The van der Waals surface area contributed by atoms with Crippen molar-refractivity contribution in [2.24, 2.45) is 0 Å². The Kier molecular flexibility index (Phi) is 4.84. The van der Waals surface area contributed by atoms with Crippen LogP contribution in [0.4, 0.5) is 5.69 Å². The minimum atomic E-state index is -3.57. The molecule has 0 aliphatic carbocycles. The highest BCUT2D eigenvalue weighted by Crippen LogP contribution is 2.24. The van der Waals surface area contributed by atoms with Gasteiger partial charge in [0.1, 0.15) is 0 Å². The standard InChI is InChI=1S/C14H25N3O2S/c1-10-7-8-12(15)11(2)13(10)20(18,19)16-9-14(3,4)17(5)6/h7-8,16H,9,15H2,1-6H3. The number of nitrogens with one attached hydrogen (secondary N) is 1. The average Bonchev–Trinajstić information content (AvgIpc) is 2.32. The molecule has 0 spiro atoms. The number of anilines is 1. The molecule has 0 saturated carbocycles. The van der Waals surface area contributed by atoms with E-state index >= 15 is 0 Å². The van der Waals surface area contributed by atoms with Crippen molar-refractivity contribution in [2.75, 3.05) is 26.4 Å². The van der Waals surface area contributed by atoms with Crippen LogP contribution >= 0.6 is 0 Å². The molecule has 114 valence electrons. The first-order valence-corrected chi connectivity index (χ1v) is 8.00. The molecule has 0 aliphatic rings. The molecule has 1 aromatic carbocycles. The summed E-state index contributed by atoms with van der Waals surface area (Å²) in [5.41, 5.74) is 7.33. The molecule has 0 aliphatic heterocycles. The Morgan fingerprint density at radius 3 is 2.30 bits per heavy atom. The number of nitrogen functional groups attached to an aromatic ring is 1. The summed E-state index contributed by atoms with van der Waals surface area (Å²) in [6.07, 6.45) is 0. The first kappa shape index (κ1) is 16.9. The summed E-state index contributed by atoms with van der Waals surface area (Å²) < 4.78 is 27.7. The third kappa shape index (κ3) is 3.50. The highest BCUT2D eigenvalue weighted by molar-refractivity contribution is 7.89. The Hall–Kier alpha value is -1.11. The van der Waals surface area contributed by atoms with Crippen LogP contribution in [0.2, 0.25) is 0 Å². The molecule has 1 aromatic rings. The van der Waals surface area contributed by atoms with E-state index < -0.39 is 10.0 Å². The highest BCUT2D eigenvalue weighted by Gasteiger charge is 2.26. The van der Waals surface area contributed by atoms with Gasteiger partial charge < -0.3 is 10.6 Å². The summed E-state index contributed by atoms with van der Waals surface area (Å²) in [5.74, 6) is 0. The number of aryl methyl sites for hydroxylation is 1. The van der Waals surface area contributed by atoms with Crippen molar-refractivity contribution in [3.8, 4) is 0 Å². The summed E-state index contributed by atoms with van der Waals surface area (Å²) in [7, 11) is 0.276. The van der Waals surface area contributed by atoms with Crippen molar-refractivity contribution in [1.29, 1.82) is 0 Å². The van der Waals surface area contributed by atoms with E-state index in [2.05, 4.69) is 4.72 Å². The van der Waals surface area contributed by atoms with Crippen LogP contribution in [0.3, 0.4) is 0 Å². The Balaban J connectivity index is 3.11. The van der Waals surface area contributed by atoms with Gasteiger partial charge in [-0.15, -0.1) is 0 Å². The number of rotatable bonds is 5. The fourth-order valence-corrected chi connectivity index (χ4v) is 3.46. The van der Waals surface area contributed by atoms with Crippen molar-refractivity contribution < 1.29 is 8.42 Å². The van der Waals surface area contributed by atoms with Crippen LogP contribution in [0, 0.1) is 13.8 Å². The predicted octanol–water partition coefficient (Wildman–Crippen LogP) is 1.50. The molecular formula is C14H25N3O2S. The molecule has 20 heavy (non-hydrogen) atoms. The van der Waals surface area contributed by atoms with Crippen LogP contribution in [0.15, 0.2) is 17.0 Å². The topological polar surface area (TPSA) is 75.4 Å². The van der Waals surface area contributed by atoms with E-state index in [4.69, 9.17) is 5.73 Å². The molecule has 0 saturated heterocycles. The first-order chi connectivity index (χ1) is 8.99. The van der Waals surface area contributed by atoms with Crippen LogP contribution in [0.1, 0.15) is 25.0 Å². The molecule has 1 rings (SSSR count). The highest BCUT2D eigenvalue weighted by atomic mass is 32.2. The maximum atomic E-state index is 12.5. The van der Waals surface area contributed by atoms with Gasteiger partial charge in [0.2, 0.25) is 10.0 Å². The van der Waals surface area contributed by atoms with E-state index in [1.54, 1.807) is 26.0 Å². The second-order valence-electron chi connectivity index (χ2n) is 5.96. The Morgan fingerprint density at radius 2 is 1.80 bits per heavy atom. The number of likely N-dealkylation sites (N-methyl/N-ethyl adjacent to an activating group) is 1. The average molecular weight is 299 g/mol. The Bertz CT molecular complexity index is 593. The molecule has 0 amide bonds. The SMILES string of the molecule is Cc1ccc(N)c(C)c1S(=O)(=O)NCC(C)(C)N(C)C. The summed E-state index contributed by atoms with van der Waals surface area (Å²) in [6.45, 7) is 7.80. The van der Waals surface area contributed by atoms with Crippen molar-refractivity contribution in [3.05, 3.63) is 23.3 Å². The van der Waals surface area contributed by atoms with Gasteiger partial charge in [-0.1, -0.05) is 6.07 Å². The van der Waals surface area contributed by atoms with Crippen LogP contribution < -0.4 is 10.5 Å². The zero-order valence-electron chi connectivity index (χ0n) is 13.1. The van der Waals surface area contributed by atoms with E-state index in [9.17, 15) is 8.42 Å². The van der Waals surface area contributed by atoms with Crippen molar-refractivity contribution in [2.45, 2.75) is 38.1 Å². The van der Waals surface area contributed by atoms with Crippen LogP contribution in [0.25, 0.3) is 0 Å². The van der Waals surface area contributed by atoms with Crippen molar-refractivity contribution in [3.63, 3.8) is 0 Å². The lowest BCUT2D eigenvalue weighted by Gasteiger charge is -2.32. The molecular weight excluding hydrogens is 274 g/mol. The van der Waals surface area contributed by atoms with Gasteiger partial charge in [-0.2, -0.15) is 0 Å². The van der Waals surface area contributed by atoms with Gasteiger partial charge in [-0.3, -0.25) is 0 Å². The lowest BCUT2D eigenvalue weighted by Crippen LogP contribution is -2.48. The second-order valence-corrected chi connectivity index (χ2v) is 7.66. The van der Waals surface area contributed by atoms with E-state index in [1.165, 1.54) is 0 Å². The molecule has 5 nitrogen and oxygen atoms in total. The zero-order chi connectivity index (χ0) is 15.7. The quantitative estimate of drug-likeness (QED) is 0.808. The van der Waals surface area contributed by atoms with Gasteiger partial charge in [-0.25, -0.2) is 13.1 Å². The van der Waals surface area contributed by atoms with Crippen molar-refractivity contribution >= 4 is 15.7 Å².